The summed E-state index contributed by atoms with van der Waals surface area (Å²) in [6.07, 6.45) is 1.09. The predicted molar refractivity (Wildman–Crippen MR) is 86.3 cm³/mol. The van der Waals surface area contributed by atoms with Gasteiger partial charge in [-0.2, -0.15) is 5.26 Å². The second-order valence-electron chi connectivity index (χ2n) is 4.34. The summed E-state index contributed by atoms with van der Waals surface area (Å²) in [4.78, 5) is 0.990. The normalized spacial score (nSPS) is 10.9. The van der Waals surface area contributed by atoms with Crippen LogP contribution in [0.25, 0.3) is 0 Å². The highest BCUT2D eigenvalue weighted by Crippen LogP contribution is 2.27. The summed E-state index contributed by atoms with van der Waals surface area (Å²) in [5.74, 6) is 0. The number of sulfonamides is 1. The fraction of sp³-hybridized carbons (Fsp3) is 0.154. The van der Waals surface area contributed by atoms with E-state index in [9.17, 15) is 8.42 Å². The highest BCUT2D eigenvalue weighted by atomic mass is 35.5. The van der Waals surface area contributed by atoms with E-state index in [1.807, 2.05) is 0 Å². The molecule has 1 aromatic heterocycles. The molecule has 2 N–H and O–H groups in total. The smallest absolute Gasteiger partial charge is 0.229 e. The molecule has 0 amide bonds. The molecule has 2 aromatic rings. The van der Waals surface area contributed by atoms with Crippen LogP contribution in [-0.2, 0) is 16.6 Å². The zero-order valence-electron chi connectivity index (χ0n) is 11.1. The predicted octanol–water partition coefficient (Wildman–Crippen LogP) is 3.26. The highest BCUT2D eigenvalue weighted by Gasteiger charge is 2.06. The van der Waals surface area contributed by atoms with E-state index in [-0.39, 0.29) is 0 Å². The van der Waals surface area contributed by atoms with Crippen molar-refractivity contribution in [2.45, 2.75) is 6.54 Å². The fourth-order valence-corrected chi connectivity index (χ4v) is 3.14. The van der Waals surface area contributed by atoms with Crippen molar-refractivity contribution in [1.82, 2.24) is 0 Å². The molecule has 0 saturated carbocycles. The van der Waals surface area contributed by atoms with Crippen LogP contribution in [0.3, 0.4) is 0 Å². The number of hydrogen-bond acceptors (Lipinski definition) is 5. The molecule has 0 aliphatic rings. The van der Waals surface area contributed by atoms with Gasteiger partial charge in [-0.05, 0) is 24.3 Å². The zero-order valence-corrected chi connectivity index (χ0v) is 13.4. The van der Waals surface area contributed by atoms with Crippen molar-refractivity contribution in [3.63, 3.8) is 0 Å². The fourth-order valence-electron chi connectivity index (χ4n) is 1.65. The van der Waals surface area contributed by atoms with Crippen LogP contribution in [0.5, 0.6) is 0 Å². The molecule has 5 nitrogen and oxygen atoms in total. The van der Waals surface area contributed by atoms with Crippen molar-refractivity contribution in [3.8, 4) is 6.07 Å². The first-order valence-corrected chi connectivity index (χ1v) is 9.01. The van der Waals surface area contributed by atoms with Gasteiger partial charge in [0.1, 0.15) is 6.07 Å². The molecule has 1 aromatic carbocycles. The first kappa shape index (κ1) is 15.6. The standard InChI is InChI=1S/C13H12ClN3O2S2/c1-21(18,19)17-10-2-3-12(14)13(5-10)16-7-11-4-9(6-15)8-20-11/h2-5,8,16-17H,7H2,1H3. The van der Waals surface area contributed by atoms with Crippen LogP contribution in [0, 0.1) is 11.3 Å². The Hall–Kier alpha value is -1.75. The van der Waals surface area contributed by atoms with Crippen molar-refractivity contribution in [2.24, 2.45) is 0 Å². The van der Waals surface area contributed by atoms with Gasteiger partial charge in [0.2, 0.25) is 10.0 Å². The lowest BCUT2D eigenvalue weighted by Crippen LogP contribution is -2.09. The van der Waals surface area contributed by atoms with Crippen molar-refractivity contribution in [2.75, 3.05) is 16.3 Å². The molecule has 0 saturated heterocycles. The molecular weight excluding hydrogens is 330 g/mol. The van der Waals surface area contributed by atoms with Gasteiger partial charge >= 0.3 is 0 Å². The van der Waals surface area contributed by atoms with Gasteiger partial charge in [0.15, 0.2) is 0 Å². The number of thiophene rings is 1. The zero-order chi connectivity index (χ0) is 15.5. The summed E-state index contributed by atoms with van der Waals surface area (Å²) in [7, 11) is -3.33. The molecule has 0 fully saturated rings. The van der Waals surface area contributed by atoms with E-state index < -0.39 is 10.0 Å². The Morgan fingerprint density at radius 2 is 2.14 bits per heavy atom. The van der Waals surface area contributed by atoms with Gasteiger partial charge < -0.3 is 5.32 Å². The summed E-state index contributed by atoms with van der Waals surface area (Å²) in [5, 5.41) is 14.2. The molecule has 110 valence electrons. The van der Waals surface area contributed by atoms with Gasteiger partial charge in [-0.25, -0.2) is 8.42 Å². The molecule has 0 radical (unpaired) electrons. The minimum absolute atomic E-state index is 0.438. The molecule has 8 heteroatoms. The van der Waals surface area contributed by atoms with E-state index in [0.717, 1.165) is 11.1 Å². The second-order valence-corrected chi connectivity index (χ2v) is 7.49. The average Bonchev–Trinajstić information content (AvgIpc) is 2.86. The topological polar surface area (TPSA) is 82.0 Å². The number of nitrogens with zero attached hydrogens (tertiary/aromatic N) is 1. The SMILES string of the molecule is CS(=O)(=O)Nc1ccc(Cl)c(NCc2cc(C#N)cs2)c1. The van der Waals surface area contributed by atoms with Crippen LogP contribution in [0.15, 0.2) is 29.6 Å². The Morgan fingerprint density at radius 3 is 2.76 bits per heavy atom. The van der Waals surface area contributed by atoms with Crippen LogP contribution in [0.1, 0.15) is 10.4 Å². The average molecular weight is 342 g/mol. The lowest BCUT2D eigenvalue weighted by atomic mass is 10.2. The van der Waals surface area contributed by atoms with Crippen LogP contribution in [0.2, 0.25) is 5.02 Å². The van der Waals surface area contributed by atoms with Gasteiger partial charge in [0, 0.05) is 16.8 Å². The Morgan fingerprint density at radius 1 is 1.38 bits per heavy atom. The Kier molecular flexibility index (Phi) is 4.73. The number of anilines is 2. The summed E-state index contributed by atoms with van der Waals surface area (Å²) < 4.78 is 24.8. The first-order chi connectivity index (χ1) is 9.87. The third kappa shape index (κ3) is 4.63. The van der Waals surface area contributed by atoms with Crippen molar-refractivity contribution < 1.29 is 8.42 Å². The third-order valence-electron chi connectivity index (χ3n) is 2.51. The maximum Gasteiger partial charge on any atom is 0.229 e. The molecular formula is C13H12ClN3O2S2. The van der Waals surface area contributed by atoms with E-state index in [4.69, 9.17) is 16.9 Å². The number of benzene rings is 1. The summed E-state index contributed by atoms with van der Waals surface area (Å²) in [5.41, 5.74) is 1.68. The van der Waals surface area contributed by atoms with E-state index >= 15 is 0 Å². The summed E-state index contributed by atoms with van der Waals surface area (Å²) in [6, 6.07) is 8.70. The van der Waals surface area contributed by atoms with Crippen molar-refractivity contribution in [1.29, 1.82) is 5.26 Å². The molecule has 21 heavy (non-hydrogen) atoms. The summed E-state index contributed by atoms with van der Waals surface area (Å²) in [6.45, 7) is 0.508. The number of rotatable bonds is 5. The monoisotopic (exact) mass is 341 g/mol. The molecule has 2 rings (SSSR count). The molecule has 0 aliphatic carbocycles. The van der Waals surface area contributed by atoms with Crippen LogP contribution < -0.4 is 10.0 Å². The molecule has 0 aliphatic heterocycles. The van der Waals surface area contributed by atoms with Crippen LogP contribution in [-0.4, -0.2) is 14.7 Å². The molecule has 0 atom stereocenters. The Labute approximate surface area is 132 Å². The maximum atomic E-state index is 11.2. The van der Waals surface area contributed by atoms with Gasteiger partial charge in [-0.1, -0.05) is 11.6 Å². The van der Waals surface area contributed by atoms with Gasteiger partial charge in [-0.15, -0.1) is 11.3 Å². The number of hydrogen-bond donors (Lipinski definition) is 2. The highest BCUT2D eigenvalue weighted by molar-refractivity contribution is 7.92. The largest absolute Gasteiger partial charge is 0.379 e. The number of halogens is 1. The van der Waals surface area contributed by atoms with Crippen LogP contribution >= 0.6 is 22.9 Å². The third-order valence-corrected chi connectivity index (χ3v) is 4.38. The number of nitriles is 1. The van der Waals surface area contributed by atoms with Gasteiger partial charge in [0.05, 0.1) is 28.2 Å². The second kappa shape index (κ2) is 6.35. The van der Waals surface area contributed by atoms with E-state index in [1.54, 1.807) is 29.6 Å². The molecule has 0 spiro atoms. The maximum absolute atomic E-state index is 11.2. The Balaban J connectivity index is 2.12. The molecule has 0 bridgehead atoms. The van der Waals surface area contributed by atoms with Gasteiger partial charge in [0.25, 0.3) is 0 Å². The lowest BCUT2D eigenvalue weighted by molar-refractivity contribution is 0.607. The van der Waals surface area contributed by atoms with Crippen molar-refractivity contribution in [3.05, 3.63) is 45.1 Å². The Bertz CT molecular complexity index is 794. The summed E-state index contributed by atoms with van der Waals surface area (Å²) >= 11 is 7.55. The van der Waals surface area contributed by atoms with E-state index in [0.29, 0.717) is 28.5 Å². The van der Waals surface area contributed by atoms with Crippen LogP contribution in [0.4, 0.5) is 11.4 Å². The van der Waals surface area contributed by atoms with E-state index in [2.05, 4.69) is 16.1 Å². The first-order valence-electron chi connectivity index (χ1n) is 5.86. The minimum Gasteiger partial charge on any atom is -0.379 e. The van der Waals surface area contributed by atoms with Gasteiger partial charge in [-0.3, -0.25) is 4.72 Å². The van der Waals surface area contributed by atoms with Crippen molar-refractivity contribution >= 4 is 44.3 Å². The lowest BCUT2D eigenvalue weighted by Gasteiger charge is -2.10. The van der Waals surface area contributed by atoms with E-state index in [1.165, 1.54) is 11.3 Å². The number of nitrogens with one attached hydrogen (secondary N) is 2. The minimum atomic E-state index is -3.33. The molecule has 0 unspecified atom stereocenters. The molecule has 1 heterocycles. The quantitative estimate of drug-likeness (QED) is 0.874.